The van der Waals surface area contributed by atoms with Crippen molar-refractivity contribution in [1.29, 1.82) is 0 Å². The molecular formula is C11H10ClN3OS. The topological polar surface area (TPSA) is 51.8 Å². The Bertz CT molecular complexity index is 553. The lowest BCUT2D eigenvalue weighted by atomic mass is 10.4. The van der Waals surface area contributed by atoms with Gasteiger partial charge in [0.2, 0.25) is 0 Å². The Morgan fingerprint density at radius 2 is 2.18 bits per heavy atom. The van der Waals surface area contributed by atoms with Gasteiger partial charge < -0.3 is 4.42 Å². The average molecular weight is 268 g/mol. The molecule has 1 aliphatic rings. The van der Waals surface area contributed by atoms with Crippen LogP contribution in [0.2, 0.25) is 5.15 Å². The maximum absolute atomic E-state index is 5.98. The Kier molecular flexibility index (Phi) is 2.80. The maximum atomic E-state index is 5.98. The van der Waals surface area contributed by atoms with Crippen molar-refractivity contribution in [2.75, 3.05) is 0 Å². The Morgan fingerprint density at radius 1 is 1.35 bits per heavy atom. The van der Waals surface area contributed by atoms with E-state index in [-0.39, 0.29) is 0 Å². The van der Waals surface area contributed by atoms with Crippen LogP contribution in [0.25, 0.3) is 0 Å². The van der Waals surface area contributed by atoms with Crippen LogP contribution < -0.4 is 0 Å². The molecule has 0 N–H and O–H groups in total. The number of aromatic nitrogens is 3. The summed E-state index contributed by atoms with van der Waals surface area (Å²) in [6, 6.07) is 1.73. The molecule has 0 spiro atoms. The normalized spacial score (nSPS) is 15.2. The maximum Gasteiger partial charge on any atom is 0.262 e. The molecule has 2 aromatic heterocycles. The molecule has 0 aliphatic heterocycles. The van der Waals surface area contributed by atoms with Crippen molar-refractivity contribution in [2.24, 2.45) is 0 Å². The lowest BCUT2D eigenvalue weighted by Crippen LogP contribution is -1.94. The fourth-order valence-electron chi connectivity index (χ4n) is 1.46. The highest BCUT2D eigenvalue weighted by Gasteiger charge is 2.27. The van der Waals surface area contributed by atoms with E-state index in [9.17, 15) is 0 Å². The van der Waals surface area contributed by atoms with Crippen LogP contribution in [0.5, 0.6) is 0 Å². The molecule has 4 nitrogen and oxygen atoms in total. The van der Waals surface area contributed by atoms with Crippen molar-refractivity contribution in [3.05, 3.63) is 29.0 Å². The molecule has 0 saturated heterocycles. The minimum Gasteiger partial charge on any atom is -0.439 e. The van der Waals surface area contributed by atoms with Crippen LogP contribution in [0.3, 0.4) is 0 Å². The molecule has 0 bridgehead atoms. The van der Waals surface area contributed by atoms with Gasteiger partial charge in [0.1, 0.15) is 22.3 Å². The molecule has 1 aliphatic carbocycles. The summed E-state index contributed by atoms with van der Waals surface area (Å²) >= 11 is 7.35. The number of halogens is 1. The van der Waals surface area contributed by atoms with Gasteiger partial charge in [-0.25, -0.2) is 15.0 Å². The van der Waals surface area contributed by atoms with E-state index in [2.05, 4.69) is 15.0 Å². The standard InChI is InChI=1S/C11H10ClN3OS/c1-6-5-16-11(13-6)17-9-4-8(12)14-10(15-9)7-2-3-7/h4-5,7H,2-3H2,1H3. The average Bonchev–Trinajstić information content (AvgIpc) is 3.03. The molecule has 6 heteroatoms. The van der Waals surface area contributed by atoms with Gasteiger partial charge in [0, 0.05) is 12.0 Å². The highest BCUT2D eigenvalue weighted by atomic mass is 35.5. The monoisotopic (exact) mass is 267 g/mol. The summed E-state index contributed by atoms with van der Waals surface area (Å²) in [6.45, 7) is 1.89. The smallest absolute Gasteiger partial charge is 0.262 e. The van der Waals surface area contributed by atoms with Gasteiger partial charge in [0.25, 0.3) is 5.22 Å². The highest BCUT2D eigenvalue weighted by molar-refractivity contribution is 7.99. The zero-order valence-electron chi connectivity index (χ0n) is 9.18. The highest BCUT2D eigenvalue weighted by Crippen LogP contribution is 2.39. The predicted octanol–water partition coefficient (Wildman–Crippen LogP) is 3.46. The Morgan fingerprint density at radius 3 is 2.82 bits per heavy atom. The first-order valence-corrected chi connectivity index (χ1v) is 6.54. The van der Waals surface area contributed by atoms with Crippen LogP contribution in [-0.2, 0) is 0 Å². The molecule has 0 unspecified atom stereocenters. The summed E-state index contributed by atoms with van der Waals surface area (Å²) in [5, 5.41) is 1.85. The fourth-order valence-corrected chi connectivity index (χ4v) is 2.49. The zero-order chi connectivity index (χ0) is 11.8. The molecule has 2 aromatic rings. The van der Waals surface area contributed by atoms with Gasteiger partial charge in [0.15, 0.2) is 0 Å². The van der Waals surface area contributed by atoms with Crippen molar-refractivity contribution in [3.63, 3.8) is 0 Å². The third-order valence-electron chi connectivity index (χ3n) is 2.42. The van der Waals surface area contributed by atoms with E-state index in [1.807, 2.05) is 6.92 Å². The summed E-state index contributed by atoms with van der Waals surface area (Å²) in [5.41, 5.74) is 0.857. The fraction of sp³-hybridized carbons (Fsp3) is 0.364. The van der Waals surface area contributed by atoms with Crippen molar-refractivity contribution < 1.29 is 4.42 Å². The van der Waals surface area contributed by atoms with Gasteiger partial charge >= 0.3 is 0 Å². The van der Waals surface area contributed by atoms with Gasteiger partial charge in [-0.05, 0) is 31.5 Å². The lowest BCUT2D eigenvalue weighted by molar-refractivity contribution is 0.453. The van der Waals surface area contributed by atoms with E-state index < -0.39 is 0 Å². The first-order chi connectivity index (χ1) is 8.20. The second-order valence-electron chi connectivity index (χ2n) is 4.02. The zero-order valence-corrected chi connectivity index (χ0v) is 10.8. The molecule has 0 radical (unpaired) electrons. The van der Waals surface area contributed by atoms with Gasteiger partial charge in [-0.3, -0.25) is 0 Å². The van der Waals surface area contributed by atoms with Crippen LogP contribution in [0.1, 0.15) is 30.3 Å². The molecule has 1 fully saturated rings. The summed E-state index contributed by atoms with van der Waals surface area (Å²) in [4.78, 5) is 12.9. The summed E-state index contributed by atoms with van der Waals surface area (Å²) in [6.07, 6.45) is 3.93. The second kappa shape index (κ2) is 4.31. The minimum atomic E-state index is 0.479. The molecular weight excluding hydrogens is 258 g/mol. The van der Waals surface area contributed by atoms with E-state index in [0.29, 0.717) is 16.3 Å². The van der Waals surface area contributed by atoms with E-state index in [4.69, 9.17) is 16.0 Å². The first-order valence-electron chi connectivity index (χ1n) is 5.35. The van der Waals surface area contributed by atoms with Crippen LogP contribution in [0.15, 0.2) is 27.0 Å². The van der Waals surface area contributed by atoms with Crippen molar-refractivity contribution >= 4 is 23.4 Å². The quantitative estimate of drug-likeness (QED) is 0.797. The van der Waals surface area contributed by atoms with Crippen molar-refractivity contribution in [2.45, 2.75) is 35.9 Å². The number of aryl methyl sites for hydroxylation is 1. The number of oxazole rings is 1. The van der Waals surface area contributed by atoms with Crippen molar-refractivity contribution in [3.8, 4) is 0 Å². The molecule has 3 rings (SSSR count). The van der Waals surface area contributed by atoms with E-state index in [1.165, 1.54) is 11.8 Å². The van der Waals surface area contributed by atoms with Crippen LogP contribution in [0.4, 0.5) is 0 Å². The minimum absolute atomic E-state index is 0.479. The summed E-state index contributed by atoms with van der Waals surface area (Å²) in [5.74, 6) is 1.32. The molecule has 0 atom stereocenters. The van der Waals surface area contributed by atoms with Gasteiger partial charge in [0.05, 0.1) is 5.69 Å². The third kappa shape index (κ3) is 2.61. The lowest BCUT2D eigenvalue weighted by Gasteiger charge is -2.01. The SMILES string of the molecule is Cc1coc(Sc2cc(Cl)nc(C3CC3)n2)n1. The van der Waals surface area contributed by atoms with Crippen LogP contribution in [-0.4, -0.2) is 15.0 Å². The van der Waals surface area contributed by atoms with Crippen molar-refractivity contribution in [1.82, 2.24) is 15.0 Å². The van der Waals surface area contributed by atoms with Crippen LogP contribution >= 0.6 is 23.4 Å². The number of hydrogen-bond donors (Lipinski definition) is 0. The Balaban J connectivity index is 1.86. The molecule has 17 heavy (non-hydrogen) atoms. The number of hydrogen-bond acceptors (Lipinski definition) is 5. The molecule has 2 heterocycles. The van der Waals surface area contributed by atoms with Gasteiger partial charge in [-0.15, -0.1) is 0 Å². The third-order valence-corrected chi connectivity index (χ3v) is 3.40. The van der Waals surface area contributed by atoms with E-state index >= 15 is 0 Å². The summed E-state index contributed by atoms with van der Waals surface area (Å²) in [7, 11) is 0. The largest absolute Gasteiger partial charge is 0.439 e. The molecule has 0 aromatic carbocycles. The first kappa shape index (κ1) is 11.0. The van der Waals surface area contributed by atoms with Crippen LogP contribution in [0, 0.1) is 6.92 Å². The van der Waals surface area contributed by atoms with Gasteiger partial charge in [-0.1, -0.05) is 11.6 Å². The van der Waals surface area contributed by atoms with E-state index in [0.717, 1.165) is 29.4 Å². The second-order valence-corrected chi connectivity index (χ2v) is 5.38. The number of rotatable bonds is 3. The molecule has 88 valence electrons. The predicted molar refractivity (Wildman–Crippen MR) is 64.4 cm³/mol. The summed E-state index contributed by atoms with van der Waals surface area (Å²) < 4.78 is 5.27. The van der Waals surface area contributed by atoms with E-state index in [1.54, 1.807) is 12.3 Å². The molecule has 0 amide bonds. The number of nitrogens with zero attached hydrogens (tertiary/aromatic N) is 3. The van der Waals surface area contributed by atoms with Gasteiger partial charge in [-0.2, -0.15) is 0 Å². The Labute approximate surface area is 108 Å². The molecule has 1 saturated carbocycles. The Hall–Kier alpha value is -1.07.